The fraction of sp³-hybridized carbons (Fsp3) is 0.231. The van der Waals surface area contributed by atoms with E-state index in [9.17, 15) is 10.1 Å². The Morgan fingerprint density at radius 1 is 1.33 bits per heavy atom. The molecular formula is C13H14N4O3S. The van der Waals surface area contributed by atoms with E-state index in [-0.39, 0.29) is 10.7 Å². The van der Waals surface area contributed by atoms with Gasteiger partial charge >= 0.3 is 5.69 Å². The molecular weight excluding hydrogens is 292 g/mol. The first kappa shape index (κ1) is 15.0. The van der Waals surface area contributed by atoms with Crippen LogP contribution in [0.25, 0.3) is 0 Å². The van der Waals surface area contributed by atoms with Crippen LogP contribution in [0.2, 0.25) is 0 Å². The van der Waals surface area contributed by atoms with Crippen LogP contribution in [0.1, 0.15) is 5.69 Å². The van der Waals surface area contributed by atoms with Crippen molar-refractivity contribution in [2.24, 2.45) is 0 Å². The topological polar surface area (TPSA) is 90.2 Å². The summed E-state index contributed by atoms with van der Waals surface area (Å²) in [5.74, 6) is 0.981. The van der Waals surface area contributed by atoms with E-state index in [1.807, 2.05) is 18.2 Å². The Morgan fingerprint density at radius 3 is 2.67 bits per heavy atom. The van der Waals surface area contributed by atoms with Crippen molar-refractivity contribution in [2.75, 3.05) is 19.5 Å². The molecule has 21 heavy (non-hydrogen) atoms. The fourth-order valence-electron chi connectivity index (χ4n) is 1.74. The summed E-state index contributed by atoms with van der Waals surface area (Å²) in [6.07, 6.45) is 0. The number of nitro groups is 1. The average Bonchev–Trinajstić information content (AvgIpc) is 2.46. The molecule has 0 aliphatic carbocycles. The Bertz CT molecular complexity index is 678. The van der Waals surface area contributed by atoms with Crippen molar-refractivity contribution in [3.63, 3.8) is 0 Å². The van der Waals surface area contributed by atoms with Gasteiger partial charge < -0.3 is 10.1 Å². The third kappa shape index (κ3) is 3.22. The summed E-state index contributed by atoms with van der Waals surface area (Å²) in [6, 6.07) is 7.29. The van der Waals surface area contributed by atoms with Crippen LogP contribution in [-0.4, -0.2) is 29.0 Å². The van der Waals surface area contributed by atoms with Gasteiger partial charge in [0.15, 0.2) is 5.03 Å². The van der Waals surface area contributed by atoms with E-state index in [4.69, 9.17) is 4.74 Å². The molecule has 1 heterocycles. The Hall–Kier alpha value is -2.35. The van der Waals surface area contributed by atoms with E-state index in [0.29, 0.717) is 17.4 Å². The van der Waals surface area contributed by atoms with Crippen LogP contribution in [0.3, 0.4) is 0 Å². The number of anilines is 1. The maximum absolute atomic E-state index is 11.2. The lowest BCUT2D eigenvalue weighted by atomic mass is 10.3. The third-order valence-electron chi connectivity index (χ3n) is 2.71. The number of benzene rings is 1. The van der Waals surface area contributed by atoms with E-state index < -0.39 is 4.92 Å². The second kappa shape index (κ2) is 6.40. The van der Waals surface area contributed by atoms with Crippen molar-refractivity contribution in [3.8, 4) is 5.75 Å². The van der Waals surface area contributed by atoms with E-state index in [2.05, 4.69) is 15.3 Å². The van der Waals surface area contributed by atoms with E-state index in [0.717, 1.165) is 4.90 Å². The van der Waals surface area contributed by atoms with Gasteiger partial charge in [-0.2, -0.15) is 4.98 Å². The highest BCUT2D eigenvalue weighted by molar-refractivity contribution is 7.99. The summed E-state index contributed by atoms with van der Waals surface area (Å²) < 4.78 is 5.25. The largest absolute Gasteiger partial charge is 0.496 e. The number of rotatable bonds is 5. The van der Waals surface area contributed by atoms with E-state index >= 15 is 0 Å². The molecule has 8 heteroatoms. The maximum Gasteiger partial charge on any atom is 0.322 e. The van der Waals surface area contributed by atoms with Gasteiger partial charge in [0.25, 0.3) is 0 Å². The number of nitrogens with one attached hydrogen (secondary N) is 1. The van der Waals surface area contributed by atoms with Crippen LogP contribution in [-0.2, 0) is 0 Å². The van der Waals surface area contributed by atoms with Crippen molar-refractivity contribution in [1.29, 1.82) is 0 Å². The second-order valence-electron chi connectivity index (χ2n) is 4.05. The van der Waals surface area contributed by atoms with Crippen LogP contribution in [0, 0.1) is 17.0 Å². The van der Waals surface area contributed by atoms with E-state index in [1.165, 1.54) is 11.8 Å². The summed E-state index contributed by atoms with van der Waals surface area (Å²) in [7, 11) is 3.22. The molecule has 7 nitrogen and oxygen atoms in total. The quantitative estimate of drug-likeness (QED) is 0.516. The lowest BCUT2D eigenvalue weighted by Crippen LogP contribution is -2.04. The smallest absolute Gasteiger partial charge is 0.322 e. The van der Waals surface area contributed by atoms with Crippen LogP contribution < -0.4 is 10.1 Å². The van der Waals surface area contributed by atoms with Crippen molar-refractivity contribution in [1.82, 2.24) is 9.97 Å². The third-order valence-corrected chi connectivity index (χ3v) is 3.74. The van der Waals surface area contributed by atoms with Gasteiger partial charge in [0.2, 0.25) is 5.95 Å². The Labute approximate surface area is 125 Å². The van der Waals surface area contributed by atoms with Crippen LogP contribution >= 0.6 is 11.8 Å². The lowest BCUT2D eigenvalue weighted by molar-refractivity contribution is -0.389. The molecule has 0 aliphatic rings. The van der Waals surface area contributed by atoms with Gasteiger partial charge in [-0.3, -0.25) is 10.1 Å². The molecule has 0 amide bonds. The Morgan fingerprint density at radius 2 is 2.05 bits per heavy atom. The number of nitrogens with zero attached hydrogens (tertiary/aromatic N) is 3. The number of para-hydroxylation sites is 1. The SMILES string of the molecule is CNc1nc(C)c([N+](=O)[O-])c(Sc2ccccc2OC)n1. The van der Waals surface area contributed by atoms with E-state index in [1.54, 1.807) is 27.1 Å². The molecule has 0 saturated heterocycles. The standard InChI is InChI=1S/C13H14N4O3S/c1-8-11(17(18)19)12(16-13(14-2)15-8)21-10-7-5-4-6-9(10)20-3/h4-7H,1-3H3,(H,14,15,16). The first-order valence-electron chi connectivity index (χ1n) is 6.08. The van der Waals surface area contributed by atoms with Crippen molar-refractivity contribution in [3.05, 3.63) is 40.1 Å². The molecule has 0 spiro atoms. The predicted molar refractivity (Wildman–Crippen MR) is 80.1 cm³/mol. The number of hydrogen-bond acceptors (Lipinski definition) is 7. The van der Waals surface area contributed by atoms with Gasteiger partial charge in [-0.05, 0) is 19.1 Å². The predicted octanol–water partition coefficient (Wildman–Crippen LogP) is 2.89. The van der Waals surface area contributed by atoms with Crippen LogP contribution in [0.4, 0.5) is 11.6 Å². The highest BCUT2D eigenvalue weighted by Crippen LogP contribution is 2.39. The molecule has 2 rings (SSSR count). The summed E-state index contributed by atoms with van der Waals surface area (Å²) in [5.41, 5.74) is 0.224. The molecule has 1 aromatic carbocycles. The van der Waals surface area contributed by atoms with Gasteiger partial charge in [0, 0.05) is 7.05 Å². The minimum absolute atomic E-state index is 0.0927. The van der Waals surface area contributed by atoms with Crippen molar-refractivity contribution < 1.29 is 9.66 Å². The van der Waals surface area contributed by atoms with Gasteiger partial charge in [0.1, 0.15) is 11.4 Å². The first-order chi connectivity index (χ1) is 10.1. The summed E-state index contributed by atoms with van der Waals surface area (Å²) in [5, 5.41) is 14.3. The highest BCUT2D eigenvalue weighted by Gasteiger charge is 2.23. The molecule has 0 unspecified atom stereocenters. The molecule has 110 valence electrons. The monoisotopic (exact) mass is 306 g/mol. The summed E-state index contributed by atoms with van der Waals surface area (Å²) in [4.78, 5) is 19.8. The molecule has 0 radical (unpaired) electrons. The number of aryl methyl sites for hydroxylation is 1. The molecule has 1 N–H and O–H groups in total. The second-order valence-corrected chi connectivity index (χ2v) is 5.08. The minimum atomic E-state index is -0.466. The lowest BCUT2D eigenvalue weighted by Gasteiger charge is -2.09. The van der Waals surface area contributed by atoms with Crippen molar-refractivity contribution >= 4 is 23.4 Å². The minimum Gasteiger partial charge on any atom is -0.496 e. The molecule has 0 aliphatic heterocycles. The molecule has 0 bridgehead atoms. The number of ether oxygens (including phenoxy) is 1. The van der Waals surface area contributed by atoms with Gasteiger partial charge in [0.05, 0.1) is 16.9 Å². The van der Waals surface area contributed by atoms with Crippen LogP contribution in [0.5, 0.6) is 5.75 Å². The maximum atomic E-state index is 11.2. The zero-order chi connectivity index (χ0) is 15.4. The first-order valence-corrected chi connectivity index (χ1v) is 6.90. The molecule has 0 saturated carbocycles. The summed E-state index contributed by atoms with van der Waals surface area (Å²) >= 11 is 1.18. The normalized spacial score (nSPS) is 10.2. The molecule has 0 fully saturated rings. The Kier molecular flexibility index (Phi) is 4.59. The highest BCUT2D eigenvalue weighted by atomic mass is 32.2. The zero-order valence-electron chi connectivity index (χ0n) is 11.8. The number of hydrogen-bond donors (Lipinski definition) is 1. The molecule has 2 aromatic rings. The number of aromatic nitrogens is 2. The fourth-order valence-corrected chi connectivity index (χ4v) is 2.80. The average molecular weight is 306 g/mol. The number of methoxy groups -OCH3 is 1. The molecule has 0 atom stereocenters. The van der Waals surface area contributed by atoms with Gasteiger partial charge in [-0.15, -0.1) is 0 Å². The Balaban J connectivity index is 2.52. The van der Waals surface area contributed by atoms with Gasteiger partial charge in [-0.1, -0.05) is 23.9 Å². The zero-order valence-corrected chi connectivity index (χ0v) is 12.6. The van der Waals surface area contributed by atoms with Gasteiger partial charge in [-0.25, -0.2) is 4.98 Å². The van der Waals surface area contributed by atoms with Crippen molar-refractivity contribution in [2.45, 2.75) is 16.8 Å². The molecule has 1 aromatic heterocycles. The summed E-state index contributed by atoms with van der Waals surface area (Å²) in [6.45, 7) is 1.59. The van der Waals surface area contributed by atoms with Crippen LogP contribution in [0.15, 0.2) is 34.2 Å².